The molecule has 0 bridgehead atoms. The molecular weight excluding hydrogens is 397 g/mol. The zero-order valence-electron chi connectivity index (χ0n) is 15.4. The normalized spacial score (nSPS) is 21.2. The Kier molecular flexibility index (Phi) is 4.41. The van der Waals surface area contributed by atoms with Crippen molar-refractivity contribution in [2.75, 3.05) is 13.2 Å². The van der Waals surface area contributed by atoms with Crippen molar-refractivity contribution in [1.82, 2.24) is 4.90 Å². The molecule has 2 atom stereocenters. The lowest BCUT2D eigenvalue weighted by Crippen LogP contribution is -2.36. The zero-order valence-corrected chi connectivity index (χ0v) is 16.1. The van der Waals surface area contributed by atoms with Gasteiger partial charge in [0.05, 0.1) is 23.1 Å². The summed E-state index contributed by atoms with van der Waals surface area (Å²) in [5.74, 6) is -0.725. The van der Waals surface area contributed by atoms with Gasteiger partial charge in [-0.15, -0.1) is 0 Å². The van der Waals surface area contributed by atoms with Gasteiger partial charge >= 0.3 is 0 Å². The van der Waals surface area contributed by atoms with Crippen molar-refractivity contribution in [3.8, 4) is 0 Å². The Labute approximate surface area is 170 Å². The minimum atomic E-state index is -0.665. The van der Waals surface area contributed by atoms with E-state index in [2.05, 4.69) is 0 Å². The van der Waals surface area contributed by atoms with Crippen LogP contribution in [-0.4, -0.2) is 30.1 Å². The van der Waals surface area contributed by atoms with E-state index in [1.54, 1.807) is 29.2 Å². The van der Waals surface area contributed by atoms with Crippen LogP contribution in [0.1, 0.15) is 40.6 Å². The molecule has 1 saturated heterocycles. The summed E-state index contributed by atoms with van der Waals surface area (Å²) >= 11 is 6.07. The second-order valence-corrected chi connectivity index (χ2v) is 7.80. The quantitative estimate of drug-likeness (QED) is 0.642. The van der Waals surface area contributed by atoms with Gasteiger partial charge in [0.2, 0.25) is 5.76 Å². The van der Waals surface area contributed by atoms with Gasteiger partial charge in [-0.3, -0.25) is 9.59 Å². The first-order chi connectivity index (χ1) is 14.0. The zero-order chi connectivity index (χ0) is 20.1. The van der Waals surface area contributed by atoms with Crippen LogP contribution in [-0.2, 0) is 4.74 Å². The van der Waals surface area contributed by atoms with Gasteiger partial charge in [-0.25, -0.2) is 4.39 Å². The summed E-state index contributed by atoms with van der Waals surface area (Å²) < 4.78 is 25.1. The molecule has 3 aromatic rings. The highest BCUT2D eigenvalue weighted by atomic mass is 35.5. The molecule has 1 amide bonds. The lowest BCUT2D eigenvalue weighted by molar-refractivity contribution is 0.0486. The summed E-state index contributed by atoms with van der Waals surface area (Å²) in [5.41, 5.74) is 0.907. The summed E-state index contributed by atoms with van der Waals surface area (Å²) in [6.07, 6.45) is 1.67. The monoisotopic (exact) mass is 413 g/mol. The number of carbonyl (C=O) groups is 1. The fraction of sp³-hybridized carbons (Fsp3) is 0.273. The highest BCUT2D eigenvalue weighted by molar-refractivity contribution is 6.31. The SMILES string of the molecule is O=C1c2oc3ccc(Cl)cc3c(=O)c2[C@H](c2ccc(F)cc2)N1C[C@@H]1CCCO1. The number of amides is 1. The number of hydrogen-bond donors (Lipinski definition) is 0. The van der Waals surface area contributed by atoms with Gasteiger partial charge in [-0.1, -0.05) is 23.7 Å². The predicted molar refractivity (Wildman–Crippen MR) is 106 cm³/mol. The fourth-order valence-electron chi connectivity index (χ4n) is 4.18. The van der Waals surface area contributed by atoms with Crippen molar-refractivity contribution in [2.45, 2.75) is 25.0 Å². The number of hydrogen-bond acceptors (Lipinski definition) is 4. The molecule has 1 fully saturated rings. The molecule has 2 aromatic carbocycles. The molecule has 7 heteroatoms. The third-order valence-electron chi connectivity index (χ3n) is 5.54. The van der Waals surface area contributed by atoms with E-state index in [1.807, 2.05) is 0 Å². The number of benzene rings is 2. The molecule has 0 saturated carbocycles. The molecule has 2 aliphatic rings. The molecule has 0 spiro atoms. The minimum absolute atomic E-state index is 0.0251. The van der Waals surface area contributed by atoms with Gasteiger partial charge < -0.3 is 14.1 Å². The van der Waals surface area contributed by atoms with E-state index in [1.165, 1.54) is 18.2 Å². The van der Waals surface area contributed by atoms with Gasteiger partial charge in [0.25, 0.3) is 5.91 Å². The number of fused-ring (bicyclic) bond motifs is 2. The Morgan fingerprint density at radius 1 is 1.14 bits per heavy atom. The molecule has 1 aromatic heterocycles. The molecular formula is C22H17ClFNO4. The smallest absolute Gasteiger partial charge is 0.291 e. The molecule has 0 radical (unpaired) electrons. The summed E-state index contributed by atoms with van der Waals surface area (Å²) in [4.78, 5) is 28.2. The molecule has 29 heavy (non-hydrogen) atoms. The Morgan fingerprint density at radius 3 is 2.66 bits per heavy atom. The summed E-state index contributed by atoms with van der Waals surface area (Å²) in [7, 11) is 0. The molecule has 0 unspecified atom stereocenters. The maximum Gasteiger partial charge on any atom is 0.291 e. The van der Waals surface area contributed by atoms with Crippen molar-refractivity contribution in [3.63, 3.8) is 0 Å². The number of ether oxygens (including phenoxy) is 1. The second kappa shape index (κ2) is 6.97. The van der Waals surface area contributed by atoms with Crippen molar-refractivity contribution in [3.05, 3.63) is 80.4 Å². The molecule has 5 rings (SSSR count). The van der Waals surface area contributed by atoms with E-state index in [4.69, 9.17) is 20.8 Å². The van der Waals surface area contributed by atoms with Crippen molar-refractivity contribution in [2.24, 2.45) is 0 Å². The standard InChI is InChI=1S/C22H17ClFNO4/c23-13-5-8-17-16(10-13)20(26)18-19(12-3-6-14(24)7-4-12)25(22(27)21(18)29-17)11-15-2-1-9-28-15/h3-8,10,15,19H,1-2,9,11H2/t15-,19-/m0/s1. The van der Waals surface area contributed by atoms with Crippen LogP contribution in [0.25, 0.3) is 11.0 Å². The fourth-order valence-corrected chi connectivity index (χ4v) is 4.35. The van der Waals surface area contributed by atoms with Crippen molar-refractivity contribution in [1.29, 1.82) is 0 Å². The van der Waals surface area contributed by atoms with Crippen LogP contribution in [0.15, 0.2) is 51.7 Å². The first-order valence-electron chi connectivity index (χ1n) is 9.47. The van der Waals surface area contributed by atoms with Gasteiger partial charge in [-0.05, 0) is 48.7 Å². The molecule has 0 aliphatic carbocycles. The topological polar surface area (TPSA) is 59.8 Å². The van der Waals surface area contributed by atoms with Gasteiger partial charge in [-0.2, -0.15) is 0 Å². The van der Waals surface area contributed by atoms with Gasteiger partial charge in [0.1, 0.15) is 11.4 Å². The number of halogens is 2. The Bertz CT molecular complexity index is 1170. The number of carbonyl (C=O) groups excluding carboxylic acids is 1. The van der Waals surface area contributed by atoms with E-state index in [0.29, 0.717) is 34.7 Å². The average Bonchev–Trinajstić information content (AvgIpc) is 3.32. The third-order valence-corrected chi connectivity index (χ3v) is 5.77. The molecule has 2 aliphatic heterocycles. The Morgan fingerprint density at radius 2 is 1.93 bits per heavy atom. The maximum absolute atomic E-state index is 13.5. The van der Waals surface area contributed by atoms with Crippen LogP contribution in [0.2, 0.25) is 5.02 Å². The van der Waals surface area contributed by atoms with Crippen LogP contribution in [0, 0.1) is 5.82 Å². The lowest BCUT2D eigenvalue weighted by Gasteiger charge is -2.27. The molecule has 0 N–H and O–H groups in total. The summed E-state index contributed by atoms with van der Waals surface area (Å²) in [5, 5.41) is 0.721. The third kappa shape index (κ3) is 3.03. The maximum atomic E-state index is 13.5. The van der Waals surface area contributed by atoms with E-state index in [-0.39, 0.29) is 34.6 Å². The lowest BCUT2D eigenvalue weighted by atomic mass is 9.98. The number of rotatable bonds is 3. The van der Waals surface area contributed by atoms with E-state index in [0.717, 1.165) is 12.8 Å². The van der Waals surface area contributed by atoms with E-state index < -0.39 is 6.04 Å². The van der Waals surface area contributed by atoms with Crippen LogP contribution >= 0.6 is 11.6 Å². The second-order valence-electron chi connectivity index (χ2n) is 7.36. The van der Waals surface area contributed by atoms with Gasteiger partial charge in [0.15, 0.2) is 5.43 Å². The molecule has 3 heterocycles. The van der Waals surface area contributed by atoms with Crippen LogP contribution in [0.3, 0.4) is 0 Å². The van der Waals surface area contributed by atoms with Crippen molar-refractivity contribution < 1.29 is 18.3 Å². The van der Waals surface area contributed by atoms with E-state index >= 15 is 0 Å². The van der Waals surface area contributed by atoms with Crippen LogP contribution in [0.4, 0.5) is 4.39 Å². The largest absolute Gasteiger partial charge is 0.450 e. The first kappa shape index (κ1) is 18.3. The summed E-state index contributed by atoms with van der Waals surface area (Å²) in [6, 6.07) is 9.89. The molecule has 5 nitrogen and oxygen atoms in total. The average molecular weight is 414 g/mol. The van der Waals surface area contributed by atoms with Crippen LogP contribution in [0.5, 0.6) is 0 Å². The Hall–Kier alpha value is -2.70. The number of nitrogens with zero attached hydrogens (tertiary/aromatic N) is 1. The Balaban J connectivity index is 1.71. The predicted octanol–water partition coefficient (Wildman–Crippen LogP) is 4.31. The van der Waals surface area contributed by atoms with E-state index in [9.17, 15) is 14.0 Å². The van der Waals surface area contributed by atoms with Crippen molar-refractivity contribution >= 4 is 28.5 Å². The molecule has 148 valence electrons. The summed E-state index contributed by atoms with van der Waals surface area (Å²) in [6.45, 7) is 0.988. The first-order valence-corrected chi connectivity index (χ1v) is 9.85. The minimum Gasteiger partial charge on any atom is -0.450 e. The van der Waals surface area contributed by atoms with Gasteiger partial charge in [0, 0.05) is 18.2 Å². The highest BCUT2D eigenvalue weighted by Gasteiger charge is 2.43. The highest BCUT2D eigenvalue weighted by Crippen LogP contribution is 2.39. The van der Waals surface area contributed by atoms with Crippen LogP contribution < -0.4 is 5.43 Å².